The number of carbonyl (C=O) groups is 2. The van der Waals surface area contributed by atoms with Crippen molar-refractivity contribution < 1.29 is 34.6 Å². The molecule has 2 rings (SSSR count). The molecule has 11 heteroatoms. The molecule has 0 bridgehead atoms. The number of rotatable bonds is 8. The highest BCUT2D eigenvalue weighted by molar-refractivity contribution is 8.01. The second kappa shape index (κ2) is 9.50. The van der Waals surface area contributed by atoms with Crippen molar-refractivity contribution in [1.82, 2.24) is 4.90 Å². The van der Waals surface area contributed by atoms with E-state index in [1.165, 1.54) is 19.2 Å². The van der Waals surface area contributed by atoms with E-state index in [1.807, 2.05) is 6.92 Å². The van der Waals surface area contributed by atoms with Crippen molar-refractivity contribution >= 4 is 30.8 Å². The molecule has 0 aromatic heterocycles. The van der Waals surface area contributed by atoms with Gasteiger partial charge in [-0.25, -0.2) is 4.79 Å². The molecule has 1 heterocycles. The first-order valence-electron chi connectivity index (χ1n) is 8.78. The number of carboxylic acids is 1. The zero-order chi connectivity index (χ0) is 21.0. The molecule has 1 aliphatic heterocycles. The average Bonchev–Trinajstić information content (AvgIpc) is 2.97. The van der Waals surface area contributed by atoms with E-state index < -0.39 is 29.5 Å². The van der Waals surface area contributed by atoms with E-state index >= 15 is 0 Å². The van der Waals surface area contributed by atoms with Crippen LogP contribution in [0.4, 0.5) is 0 Å². The lowest BCUT2D eigenvalue weighted by molar-refractivity contribution is -0.127. The topological polar surface area (TPSA) is 154 Å². The Morgan fingerprint density at radius 1 is 1.39 bits per heavy atom. The number of nitrogens with two attached hydrogens (primary N) is 1. The van der Waals surface area contributed by atoms with Gasteiger partial charge < -0.3 is 35.6 Å². The monoisotopic (exact) mass is 412 g/mol. The number of amides is 1. The summed E-state index contributed by atoms with van der Waals surface area (Å²) in [5, 5.41) is 38.1. The van der Waals surface area contributed by atoms with Crippen molar-refractivity contribution in [2.45, 2.75) is 24.5 Å². The number of thioether (sulfide) groups is 1. The van der Waals surface area contributed by atoms with Crippen molar-refractivity contribution in [3.8, 4) is 11.5 Å². The van der Waals surface area contributed by atoms with Gasteiger partial charge in [-0.1, -0.05) is 13.0 Å². The van der Waals surface area contributed by atoms with Gasteiger partial charge in [0.05, 0.1) is 12.9 Å². The summed E-state index contributed by atoms with van der Waals surface area (Å²) in [5.41, 5.74) is 5.74. The summed E-state index contributed by atoms with van der Waals surface area (Å²) in [5.74, 6) is -1.79. The van der Waals surface area contributed by atoms with Gasteiger partial charge in [-0.15, -0.1) is 0 Å². The summed E-state index contributed by atoms with van der Waals surface area (Å²) in [6, 6.07) is 2.78. The van der Waals surface area contributed by atoms with Crippen LogP contribution < -0.4 is 10.5 Å². The van der Waals surface area contributed by atoms with Crippen LogP contribution in [0, 0.1) is 5.92 Å². The lowest BCUT2D eigenvalue weighted by Crippen LogP contribution is -2.36. The first kappa shape index (κ1) is 22.3. The number of hydrogen-bond donors (Lipinski definition) is 5. The molecule has 154 valence electrons. The van der Waals surface area contributed by atoms with Crippen LogP contribution in [-0.4, -0.2) is 81.3 Å². The van der Waals surface area contributed by atoms with Crippen LogP contribution in [0.1, 0.15) is 22.8 Å². The number of likely N-dealkylation sites (tertiary alicyclic amines) is 1. The number of nitrogens with zero attached hydrogens (tertiary/aromatic N) is 1. The van der Waals surface area contributed by atoms with Gasteiger partial charge in [-0.05, 0) is 24.0 Å². The van der Waals surface area contributed by atoms with Crippen molar-refractivity contribution in [2.24, 2.45) is 11.7 Å². The van der Waals surface area contributed by atoms with Crippen LogP contribution in [0.3, 0.4) is 0 Å². The third kappa shape index (κ3) is 5.10. The van der Waals surface area contributed by atoms with Crippen LogP contribution in [0.2, 0.25) is 0 Å². The van der Waals surface area contributed by atoms with E-state index in [4.69, 9.17) is 10.5 Å². The standard InChI is InChI=1S/C17H25BN2O7S/c1-9-6-20(7-11(9)19)14(21)8-28-13(18(25)26)5-10-3-4-12(27-2)15(16(10)22)17(23)24/h3-4,9,11,13,22,25-26H,5-8,19H2,1-2H3,(H,23,24). The minimum Gasteiger partial charge on any atom is -0.507 e. The SMILES string of the molecule is COc1ccc(CC(SCC(=O)N2CC(C)C(N)C2)B(O)O)c(O)c1C(=O)O. The molecular weight excluding hydrogens is 387 g/mol. The molecule has 28 heavy (non-hydrogen) atoms. The summed E-state index contributed by atoms with van der Waals surface area (Å²) >= 11 is 1.03. The number of hydrogen-bond acceptors (Lipinski definition) is 8. The van der Waals surface area contributed by atoms with Gasteiger partial charge >= 0.3 is 13.1 Å². The third-order valence-corrected chi connectivity index (χ3v) is 6.11. The van der Waals surface area contributed by atoms with Crippen molar-refractivity contribution in [3.05, 3.63) is 23.3 Å². The fourth-order valence-electron chi connectivity index (χ4n) is 3.09. The first-order valence-corrected chi connectivity index (χ1v) is 9.83. The van der Waals surface area contributed by atoms with Gasteiger partial charge in [-0.3, -0.25) is 4.79 Å². The summed E-state index contributed by atoms with van der Waals surface area (Å²) in [7, 11) is -0.472. The fraction of sp³-hybridized carbons (Fsp3) is 0.529. The molecule has 3 unspecified atom stereocenters. The highest BCUT2D eigenvalue weighted by Crippen LogP contribution is 2.33. The molecular formula is C17H25BN2O7S. The smallest absolute Gasteiger partial charge is 0.465 e. The fourth-order valence-corrected chi connectivity index (χ4v) is 4.10. The van der Waals surface area contributed by atoms with E-state index in [1.54, 1.807) is 4.90 Å². The molecule has 0 spiro atoms. The molecule has 0 saturated carbocycles. The normalized spacial score (nSPS) is 20.1. The molecule has 3 atom stereocenters. The van der Waals surface area contributed by atoms with E-state index in [9.17, 15) is 29.9 Å². The van der Waals surface area contributed by atoms with Gasteiger partial charge in [-0.2, -0.15) is 11.8 Å². The highest BCUT2D eigenvalue weighted by Gasteiger charge is 2.32. The van der Waals surface area contributed by atoms with Gasteiger partial charge in [0.25, 0.3) is 0 Å². The predicted molar refractivity (Wildman–Crippen MR) is 105 cm³/mol. The lowest BCUT2D eigenvalue weighted by atomic mass is 9.81. The van der Waals surface area contributed by atoms with Crippen LogP contribution in [0.25, 0.3) is 0 Å². The zero-order valence-corrected chi connectivity index (χ0v) is 16.6. The Kier molecular flexibility index (Phi) is 7.59. The Bertz CT molecular complexity index is 724. The molecule has 9 nitrogen and oxygen atoms in total. The van der Waals surface area contributed by atoms with E-state index in [-0.39, 0.29) is 41.4 Å². The minimum atomic E-state index is -1.76. The number of ether oxygens (including phenoxy) is 1. The highest BCUT2D eigenvalue weighted by atomic mass is 32.2. The van der Waals surface area contributed by atoms with Gasteiger partial charge in [0.2, 0.25) is 5.91 Å². The average molecular weight is 412 g/mol. The molecule has 1 aromatic carbocycles. The minimum absolute atomic E-state index is 0.00262. The number of aromatic carboxylic acids is 1. The van der Waals surface area contributed by atoms with Crippen LogP contribution in [-0.2, 0) is 11.2 Å². The van der Waals surface area contributed by atoms with Gasteiger partial charge in [0, 0.05) is 24.3 Å². The van der Waals surface area contributed by atoms with Crippen molar-refractivity contribution in [1.29, 1.82) is 0 Å². The quantitative estimate of drug-likeness (QED) is 0.358. The Hall–Kier alpha value is -1.95. The maximum absolute atomic E-state index is 12.4. The number of carboxylic acid groups (broad SMARTS) is 1. The molecule has 0 radical (unpaired) electrons. The molecule has 6 N–H and O–H groups in total. The maximum Gasteiger partial charge on any atom is 0.465 e. The summed E-state index contributed by atoms with van der Waals surface area (Å²) in [6.07, 6.45) is -0.0400. The maximum atomic E-state index is 12.4. The Labute approximate surface area is 167 Å². The molecule has 1 aliphatic rings. The first-order chi connectivity index (χ1) is 13.1. The summed E-state index contributed by atoms with van der Waals surface area (Å²) in [4.78, 5) is 25.4. The molecule has 1 aromatic rings. The van der Waals surface area contributed by atoms with Crippen LogP contribution >= 0.6 is 11.8 Å². The molecule has 1 fully saturated rings. The van der Waals surface area contributed by atoms with Crippen molar-refractivity contribution in [2.75, 3.05) is 26.0 Å². The van der Waals surface area contributed by atoms with E-state index in [0.717, 1.165) is 11.8 Å². The second-order valence-electron chi connectivity index (χ2n) is 6.86. The molecule has 0 aliphatic carbocycles. The van der Waals surface area contributed by atoms with E-state index in [2.05, 4.69) is 0 Å². The Balaban J connectivity index is 2.08. The number of phenols is 1. The second-order valence-corrected chi connectivity index (χ2v) is 8.09. The van der Waals surface area contributed by atoms with Crippen LogP contribution in [0.5, 0.6) is 11.5 Å². The van der Waals surface area contributed by atoms with Gasteiger partial charge in [0.15, 0.2) is 0 Å². The van der Waals surface area contributed by atoms with Crippen molar-refractivity contribution in [3.63, 3.8) is 0 Å². The molecule has 1 saturated heterocycles. The third-order valence-electron chi connectivity index (χ3n) is 4.85. The number of carbonyl (C=O) groups excluding carboxylic acids is 1. The Morgan fingerprint density at radius 3 is 2.57 bits per heavy atom. The largest absolute Gasteiger partial charge is 0.507 e. The van der Waals surface area contributed by atoms with E-state index in [0.29, 0.717) is 13.1 Å². The number of methoxy groups -OCH3 is 1. The Morgan fingerprint density at radius 2 is 2.07 bits per heavy atom. The predicted octanol–water partition coefficient (Wildman–Crippen LogP) is -0.439. The summed E-state index contributed by atoms with van der Waals surface area (Å²) < 4.78 is 4.94. The number of aromatic hydroxyl groups is 1. The lowest BCUT2D eigenvalue weighted by Gasteiger charge is -2.20. The van der Waals surface area contributed by atoms with Gasteiger partial charge in [0.1, 0.15) is 17.1 Å². The molecule has 1 amide bonds. The number of benzene rings is 1. The summed E-state index contributed by atoms with van der Waals surface area (Å²) in [6.45, 7) is 3.00. The zero-order valence-electron chi connectivity index (χ0n) is 15.7. The van der Waals surface area contributed by atoms with Crippen LogP contribution in [0.15, 0.2) is 12.1 Å².